The molecular formula is C40H20F6N4. The average Bonchev–Trinajstić information content (AvgIpc) is 3.62. The average molecular weight is 671 g/mol. The van der Waals surface area contributed by atoms with E-state index in [4.69, 9.17) is 0 Å². The van der Waals surface area contributed by atoms with Crippen LogP contribution in [-0.2, 0) is 12.4 Å². The Kier molecular flexibility index (Phi) is 6.78. The molecule has 0 aliphatic rings. The lowest BCUT2D eigenvalue weighted by molar-refractivity contribution is -0.138. The van der Waals surface area contributed by atoms with Crippen LogP contribution in [0.2, 0.25) is 0 Å². The molecule has 0 atom stereocenters. The van der Waals surface area contributed by atoms with E-state index in [0.717, 1.165) is 12.1 Å². The zero-order valence-electron chi connectivity index (χ0n) is 25.6. The Labute approximate surface area is 279 Å². The maximum absolute atomic E-state index is 15.8. The van der Waals surface area contributed by atoms with Gasteiger partial charge in [-0.25, -0.2) is 0 Å². The van der Waals surface area contributed by atoms with Gasteiger partial charge in [0.15, 0.2) is 0 Å². The number of fused-ring (bicyclic) bond motifs is 6. The number of aromatic nitrogens is 2. The lowest BCUT2D eigenvalue weighted by Gasteiger charge is -2.23. The summed E-state index contributed by atoms with van der Waals surface area (Å²) < 4.78 is 92.2. The molecule has 8 aromatic rings. The molecule has 4 nitrogen and oxygen atoms in total. The Morgan fingerprint density at radius 2 is 0.920 bits per heavy atom. The van der Waals surface area contributed by atoms with Gasteiger partial charge in [-0.3, -0.25) is 0 Å². The summed E-state index contributed by atoms with van der Waals surface area (Å²) >= 11 is 0. The van der Waals surface area contributed by atoms with Crippen molar-refractivity contribution in [3.05, 3.63) is 144 Å². The molecular weight excluding hydrogens is 650 g/mol. The number of benzene rings is 6. The van der Waals surface area contributed by atoms with Crippen LogP contribution in [-0.4, -0.2) is 9.13 Å². The Morgan fingerprint density at radius 1 is 0.440 bits per heavy atom. The standard InChI is InChI=1S/C40H20F6N4/c41-39(42,43)27-7-5-6-25(18-27)26-19-36(49-32-10-3-1-8-28(32)30-16-23(21-47)12-14-34(30)49)38(40(44,45)46)37(20-26)50-33-11-4-2-9-29(33)31-17-24(22-48)13-15-35(31)50/h1-20H. The monoisotopic (exact) mass is 670 g/mol. The first kappa shape index (κ1) is 30.8. The second kappa shape index (κ2) is 11.0. The van der Waals surface area contributed by atoms with Crippen LogP contribution in [0.5, 0.6) is 0 Å². The molecule has 0 amide bonds. The third-order valence-corrected chi connectivity index (χ3v) is 8.99. The number of alkyl halides is 6. The van der Waals surface area contributed by atoms with Crippen LogP contribution in [0.1, 0.15) is 22.3 Å². The van der Waals surface area contributed by atoms with Crippen molar-refractivity contribution in [3.8, 4) is 34.6 Å². The molecule has 6 aromatic carbocycles. The van der Waals surface area contributed by atoms with Gasteiger partial charge in [0.2, 0.25) is 0 Å². The predicted octanol–water partition coefficient (Wildman–Crippen LogP) is 11.3. The highest BCUT2D eigenvalue weighted by Crippen LogP contribution is 2.46. The van der Waals surface area contributed by atoms with Gasteiger partial charge in [0.25, 0.3) is 0 Å². The summed E-state index contributed by atoms with van der Waals surface area (Å²) in [7, 11) is 0. The molecule has 2 aromatic heterocycles. The van der Waals surface area contributed by atoms with E-state index in [9.17, 15) is 23.7 Å². The van der Waals surface area contributed by atoms with Gasteiger partial charge < -0.3 is 9.13 Å². The van der Waals surface area contributed by atoms with Crippen LogP contribution >= 0.6 is 0 Å². The van der Waals surface area contributed by atoms with Crippen LogP contribution in [0.3, 0.4) is 0 Å². The first-order chi connectivity index (χ1) is 24.0. The fourth-order valence-electron chi connectivity index (χ4n) is 6.90. The SMILES string of the molecule is N#Cc1ccc2c(c1)c1ccccc1n2-c1cc(-c2cccc(C(F)(F)F)c2)cc(-n2c3ccccc3c3cc(C#N)ccc32)c1C(F)(F)F. The third-order valence-electron chi connectivity index (χ3n) is 8.99. The van der Waals surface area contributed by atoms with Crippen molar-refractivity contribution in [1.29, 1.82) is 10.5 Å². The Hall–Kier alpha value is -6.52. The molecule has 0 N–H and O–H groups in total. The normalized spacial score (nSPS) is 12.2. The molecule has 0 bridgehead atoms. The largest absolute Gasteiger partial charge is 0.420 e. The summed E-state index contributed by atoms with van der Waals surface area (Å²) in [5.74, 6) is 0. The third kappa shape index (κ3) is 4.76. The zero-order chi connectivity index (χ0) is 34.9. The number of hydrogen-bond donors (Lipinski definition) is 0. The maximum atomic E-state index is 15.8. The van der Waals surface area contributed by atoms with E-state index in [-0.39, 0.29) is 22.5 Å². The molecule has 0 aliphatic carbocycles. The minimum absolute atomic E-state index is 0.0658. The van der Waals surface area contributed by atoms with Gasteiger partial charge in [0, 0.05) is 21.5 Å². The molecule has 0 aliphatic heterocycles. The van der Waals surface area contributed by atoms with E-state index in [0.29, 0.717) is 54.7 Å². The van der Waals surface area contributed by atoms with Crippen LogP contribution in [0.25, 0.3) is 66.1 Å². The van der Waals surface area contributed by atoms with Crippen molar-refractivity contribution in [2.45, 2.75) is 12.4 Å². The van der Waals surface area contributed by atoms with Crippen LogP contribution in [0.15, 0.2) is 121 Å². The van der Waals surface area contributed by atoms with Gasteiger partial charge in [0.1, 0.15) is 5.56 Å². The van der Waals surface area contributed by atoms with Gasteiger partial charge >= 0.3 is 12.4 Å². The van der Waals surface area contributed by atoms with Crippen molar-refractivity contribution in [2.24, 2.45) is 0 Å². The highest BCUT2D eigenvalue weighted by Gasteiger charge is 2.40. The fourth-order valence-corrected chi connectivity index (χ4v) is 6.90. The van der Waals surface area contributed by atoms with Crippen molar-refractivity contribution in [2.75, 3.05) is 0 Å². The second-order valence-electron chi connectivity index (χ2n) is 11.9. The van der Waals surface area contributed by atoms with E-state index in [1.165, 1.54) is 45.5 Å². The van der Waals surface area contributed by atoms with E-state index >= 15 is 13.2 Å². The van der Waals surface area contributed by atoms with Crippen molar-refractivity contribution < 1.29 is 26.3 Å². The summed E-state index contributed by atoms with van der Waals surface area (Å²) in [5.41, 5.74) is -0.180. The fraction of sp³-hybridized carbons (Fsp3) is 0.0500. The molecule has 10 heteroatoms. The van der Waals surface area contributed by atoms with Gasteiger partial charge in [-0.15, -0.1) is 0 Å². The topological polar surface area (TPSA) is 57.4 Å². The molecule has 0 saturated carbocycles. The zero-order valence-corrected chi connectivity index (χ0v) is 25.6. The maximum Gasteiger partial charge on any atom is 0.420 e. The van der Waals surface area contributed by atoms with Crippen LogP contribution < -0.4 is 0 Å². The summed E-state index contributed by atoms with van der Waals surface area (Å²) in [6.07, 6.45) is -9.66. The van der Waals surface area contributed by atoms with E-state index in [2.05, 4.69) is 12.1 Å². The number of hydrogen-bond acceptors (Lipinski definition) is 2. The van der Waals surface area contributed by atoms with Gasteiger partial charge in [-0.2, -0.15) is 36.9 Å². The molecule has 8 rings (SSSR count). The summed E-state index contributed by atoms with van der Waals surface area (Å²) in [4.78, 5) is 0. The highest BCUT2D eigenvalue weighted by atomic mass is 19.4. The van der Waals surface area contributed by atoms with Crippen molar-refractivity contribution in [3.63, 3.8) is 0 Å². The van der Waals surface area contributed by atoms with Crippen molar-refractivity contribution >= 4 is 43.6 Å². The minimum atomic E-state index is -4.97. The molecule has 2 heterocycles. The first-order valence-corrected chi connectivity index (χ1v) is 15.3. The molecule has 0 radical (unpaired) electrons. The number of nitriles is 2. The number of rotatable bonds is 3. The lowest BCUT2D eigenvalue weighted by Crippen LogP contribution is -2.16. The molecule has 242 valence electrons. The van der Waals surface area contributed by atoms with E-state index in [1.807, 2.05) is 0 Å². The molecule has 50 heavy (non-hydrogen) atoms. The second-order valence-corrected chi connectivity index (χ2v) is 11.9. The highest BCUT2D eigenvalue weighted by molar-refractivity contribution is 6.11. The Bertz CT molecular complexity index is 2620. The summed E-state index contributed by atoms with van der Waals surface area (Å²) in [6.45, 7) is 0. The number of nitrogens with zero attached hydrogens (tertiary/aromatic N) is 4. The Balaban J connectivity index is 1.59. The molecule has 0 fully saturated rings. The first-order valence-electron chi connectivity index (χ1n) is 15.3. The predicted molar refractivity (Wildman–Crippen MR) is 180 cm³/mol. The number of para-hydroxylation sites is 2. The summed E-state index contributed by atoms with van der Waals surface area (Å²) in [6, 6.07) is 34.3. The minimum Gasteiger partial charge on any atom is -0.309 e. The Morgan fingerprint density at radius 3 is 1.38 bits per heavy atom. The lowest BCUT2D eigenvalue weighted by atomic mass is 9.97. The van der Waals surface area contributed by atoms with E-state index in [1.54, 1.807) is 72.8 Å². The molecule has 0 saturated heterocycles. The van der Waals surface area contributed by atoms with Crippen molar-refractivity contribution in [1.82, 2.24) is 9.13 Å². The van der Waals surface area contributed by atoms with Crippen LogP contribution in [0, 0.1) is 22.7 Å². The van der Waals surface area contributed by atoms with Gasteiger partial charge in [0.05, 0.1) is 62.3 Å². The molecule has 0 spiro atoms. The van der Waals surface area contributed by atoms with E-state index < -0.39 is 23.5 Å². The number of halogens is 6. The molecule has 0 unspecified atom stereocenters. The van der Waals surface area contributed by atoms with Gasteiger partial charge in [-0.1, -0.05) is 48.5 Å². The van der Waals surface area contributed by atoms with Gasteiger partial charge in [-0.05, 0) is 83.9 Å². The quantitative estimate of drug-likeness (QED) is 0.176. The summed E-state index contributed by atoms with van der Waals surface area (Å²) in [5, 5.41) is 21.5. The van der Waals surface area contributed by atoms with Crippen LogP contribution in [0.4, 0.5) is 26.3 Å². The smallest absolute Gasteiger partial charge is 0.309 e.